The number of nitrogens with zero attached hydrogens (tertiary/aromatic N) is 2. The van der Waals surface area contributed by atoms with Gasteiger partial charge in [-0.2, -0.15) is 5.10 Å². The molecule has 1 aromatic rings. The summed E-state index contributed by atoms with van der Waals surface area (Å²) in [6.07, 6.45) is 4.94. The lowest BCUT2D eigenvalue weighted by atomic mass is 9.98. The minimum absolute atomic E-state index is 0.684. The number of halogens is 1. The van der Waals surface area contributed by atoms with E-state index < -0.39 is 6.17 Å². The van der Waals surface area contributed by atoms with Crippen molar-refractivity contribution in [2.24, 2.45) is 5.92 Å². The van der Waals surface area contributed by atoms with Crippen molar-refractivity contribution in [2.45, 2.75) is 32.5 Å². The summed E-state index contributed by atoms with van der Waals surface area (Å²) in [4.78, 5) is 0. The van der Waals surface area contributed by atoms with E-state index in [1.807, 2.05) is 10.9 Å². The zero-order valence-corrected chi connectivity index (χ0v) is 9.12. The first-order chi connectivity index (χ1) is 7.25. The topological polar surface area (TPSA) is 29.9 Å². The van der Waals surface area contributed by atoms with Crippen LogP contribution < -0.4 is 5.32 Å². The van der Waals surface area contributed by atoms with Gasteiger partial charge in [-0.1, -0.05) is 0 Å². The molecule has 4 heteroatoms. The minimum Gasteiger partial charge on any atom is -0.317 e. The number of aromatic nitrogens is 2. The number of nitrogens with one attached hydrogen (secondary N) is 1. The van der Waals surface area contributed by atoms with Gasteiger partial charge in [0, 0.05) is 18.3 Å². The van der Waals surface area contributed by atoms with Crippen molar-refractivity contribution >= 4 is 0 Å². The third-order valence-electron chi connectivity index (χ3n) is 3.02. The largest absolute Gasteiger partial charge is 0.317 e. The molecule has 1 unspecified atom stereocenters. The summed E-state index contributed by atoms with van der Waals surface area (Å²) in [5.74, 6) is 0.689. The monoisotopic (exact) mass is 211 g/mol. The van der Waals surface area contributed by atoms with Crippen LogP contribution in [0, 0.1) is 5.92 Å². The molecule has 1 aliphatic rings. The third-order valence-corrected chi connectivity index (χ3v) is 3.02. The highest BCUT2D eigenvalue weighted by molar-refractivity contribution is 5.06. The van der Waals surface area contributed by atoms with Crippen molar-refractivity contribution in [3.63, 3.8) is 0 Å². The molecule has 2 heterocycles. The Kier molecular flexibility index (Phi) is 3.36. The van der Waals surface area contributed by atoms with Crippen molar-refractivity contribution < 1.29 is 4.39 Å². The van der Waals surface area contributed by atoms with E-state index in [0.29, 0.717) is 11.5 Å². The van der Waals surface area contributed by atoms with Gasteiger partial charge < -0.3 is 5.32 Å². The normalized spacial score (nSPS) is 20.4. The van der Waals surface area contributed by atoms with Crippen LogP contribution in [0.15, 0.2) is 12.4 Å². The highest BCUT2D eigenvalue weighted by Crippen LogP contribution is 2.17. The quantitative estimate of drug-likeness (QED) is 0.827. The molecule has 0 spiro atoms. The van der Waals surface area contributed by atoms with Crippen LogP contribution in [0.5, 0.6) is 0 Å². The molecule has 1 fully saturated rings. The second kappa shape index (κ2) is 4.75. The number of piperidine rings is 1. The number of hydrogen-bond acceptors (Lipinski definition) is 2. The lowest BCUT2D eigenvalue weighted by Crippen LogP contribution is -2.29. The first-order valence-corrected chi connectivity index (χ1v) is 5.63. The van der Waals surface area contributed by atoms with E-state index in [1.165, 1.54) is 12.8 Å². The standard InChI is InChI=1S/C11H18FN3/c1-9(12)11-6-14-15(8-11)7-10-2-4-13-5-3-10/h6,8-10,13H,2-5,7H2,1H3. The fourth-order valence-corrected chi connectivity index (χ4v) is 2.01. The maximum atomic E-state index is 13.0. The lowest BCUT2D eigenvalue weighted by molar-refractivity contribution is 0.320. The molecular formula is C11H18FN3. The average Bonchev–Trinajstić information content (AvgIpc) is 2.68. The average molecular weight is 211 g/mol. The second-order valence-electron chi connectivity index (χ2n) is 4.31. The molecule has 1 aliphatic heterocycles. The van der Waals surface area contributed by atoms with Gasteiger partial charge in [0.15, 0.2) is 0 Å². The van der Waals surface area contributed by atoms with Crippen LogP contribution in [-0.4, -0.2) is 22.9 Å². The van der Waals surface area contributed by atoms with Gasteiger partial charge in [-0.15, -0.1) is 0 Å². The smallest absolute Gasteiger partial charge is 0.125 e. The Morgan fingerprint density at radius 2 is 2.33 bits per heavy atom. The highest BCUT2D eigenvalue weighted by atomic mass is 19.1. The molecule has 3 nitrogen and oxygen atoms in total. The maximum absolute atomic E-state index is 13.0. The van der Waals surface area contributed by atoms with E-state index in [2.05, 4.69) is 10.4 Å². The fraction of sp³-hybridized carbons (Fsp3) is 0.727. The van der Waals surface area contributed by atoms with Crippen LogP contribution in [-0.2, 0) is 6.54 Å². The van der Waals surface area contributed by atoms with Crippen molar-refractivity contribution in [3.8, 4) is 0 Å². The zero-order chi connectivity index (χ0) is 10.7. The van der Waals surface area contributed by atoms with Crippen molar-refractivity contribution in [1.82, 2.24) is 15.1 Å². The van der Waals surface area contributed by atoms with E-state index >= 15 is 0 Å². The van der Waals surface area contributed by atoms with E-state index in [9.17, 15) is 4.39 Å². The predicted molar refractivity (Wildman–Crippen MR) is 57.3 cm³/mol. The van der Waals surface area contributed by atoms with E-state index in [0.717, 1.165) is 19.6 Å². The second-order valence-corrected chi connectivity index (χ2v) is 4.31. The highest BCUT2D eigenvalue weighted by Gasteiger charge is 2.14. The predicted octanol–water partition coefficient (Wildman–Crippen LogP) is 1.91. The Hall–Kier alpha value is -0.900. The number of alkyl halides is 1. The first kappa shape index (κ1) is 10.6. The summed E-state index contributed by atoms with van der Waals surface area (Å²) >= 11 is 0. The molecule has 0 saturated carbocycles. The van der Waals surface area contributed by atoms with Crippen LogP contribution in [0.1, 0.15) is 31.5 Å². The van der Waals surface area contributed by atoms with Crippen LogP contribution in [0.3, 0.4) is 0 Å². The Labute approximate surface area is 89.7 Å². The van der Waals surface area contributed by atoms with Crippen molar-refractivity contribution in [3.05, 3.63) is 18.0 Å². The van der Waals surface area contributed by atoms with Gasteiger partial charge in [0.05, 0.1) is 6.20 Å². The van der Waals surface area contributed by atoms with E-state index in [-0.39, 0.29) is 0 Å². The molecular weight excluding hydrogens is 193 g/mol. The van der Waals surface area contributed by atoms with Crippen molar-refractivity contribution in [1.29, 1.82) is 0 Å². The minimum atomic E-state index is -0.910. The molecule has 0 bridgehead atoms. The van der Waals surface area contributed by atoms with Crippen LogP contribution in [0.2, 0.25) is 0 Å². The molecule has 15 heavy (non-hydrogen) atoms. The summed E-state index contributed by atoms with van der Waals surface area (Å²) in [6.45, 7) is 4.66. The van der Waals surface area contributed by atoms with Gasteiger partial charge in [-0.3, -0.25) is 4.68 Å². The molecule has 2 rings (SSSR count). The first-order valence-electron chi connectivity index (χ1n) is 5.63. The summed E-state index contributed by atoms with van der Waals surface area (Å²) < 4.78 is 14.8. The van der Waals surface area contributed by atoms with Gasteiger partial charge in [0.25, 0.3) is 0 Å². The molecule has 0 aliphatic carbocycles. The van der Waals surface area contributed by atoms with Gasteiger partial charge in [-0.05, 0) is 38.8 Å². The summed E-state index contributed by atoms with van der Waals surface area (Å²) in [6, 6.07) is 0. The van der Waals surface area contributed by atoms with Gasteiger partial charge >= 0.3 is 0 Å². The molecule has 1 atom stereocenters. The summed E-state index contributed by atoms with van der Waals surface area (Å²) in [5, 5.41) is 7.52. The maximum Gasteiger partial charge on any atom is 0.125 e. The van der Waals surface area contributed by atoms with Gasteiger partial charge in [0.2, 0.25) is 0 Å². The van der Waals surface area contributed by atoms with E-state index in [4.69, 9.17) is 0 Å². The Morgan fingerprint density at radius 1 is 1.60 bits per heavy atom. The molecule has 1 saturated heterocycles. The Balaban J connectivity index is 1.91. The van der Waals surface area contributed by atoms with Gasteiger partial charge in [-0.25, -0.2) is 4.39 Å². The molecule has 1 N–H and O–H groups in total. The summed E-state index contributed by atoms with van der Waals surface area (Å²) in [7, 11) is 0. The SMILES string of the molecule is CC(F)c1cnn(CC2CCNCC2)c1. The zero-order valence-electron chi connectivity index (χ0n) is 9.12. The fourth-order valence-electron chi connectivity index (χ4n) is 2.01. The van der Waals surface area contributed by atoms with Gasteiger partial charge in [0.1, 0.15) is 6.17 Å². The van der Waals surface area contributed by atoms with Crippen LogP contribution in [0.4, 0.5) is 4.39 Å². The summed E-state index contributed by atoms with van der Waals surface area (Å²) in [5.41, 5.74) is 0.684. The molecule has 0 amide bonds. The number of rotatable bonds is 3. The third kappa shape index (κ3) is 2.78. The van der Waals surface area contributed by atoms with E-state index in [1.54, 1.807) is 13.1 Å². The molecule has 84 valence electrons. The molecule has 0 aromatic carbocycles. The van der Waals surface area contributed by atoms with Crippen molar-refractivity contribution in [2.75, 3.05) is 13.1 Å². The molecule has 1 aromatic heterocycles. The molecule has 0 radical (unpaired) electrons. The Bertz CT molecular complexity index is 303. The van der Waals surface area contributed by atoms with Crippen LogP contribution in [0.25, 0.3) is 0 Å². The van der Waals surface area contributed by atoms with Crippen LogP contribution >= 0.6 is 0 Å². The number of hydrogen-bond donors (Lipinski definition) is 1. The Morgan fingerprint density at radius 3 is 2.93 bits per heavy atom. The lowest BCUT2D eigenvalue weighted by Gasteiger charge is -2.22.